The van der Waals surface area contributed by atoms with Gasteiger partial charge in [0.1, 0.15) is 5.82 Å². The quantitative estimate of drug-likeness (QED) is 0.780. The Morgan fingerprint density at radius 2 is 2.10 bits per heavy atom. The molecule has 2 aromatic rings. The minimum absolute atomic E-state index is 0.246. The highest BCUT2D eigenvalue weighted by Crippen LogP contribution is 2.29. The van der Waals surface area contributed by atoms with Gasteiger partial charge in [0.15, 0.2) is 0 Å². The standard InChI is InChI=1S/C14H15Cl3N2O/c15-4-3-14-18-12-6-10(16)11(17)7-13(12)19(14)8-9-2-1-5-20-9/h6-7,9H,1-5,8H2. The van der Waals surface area contributed by atoms with Gasteiger partial charge in [-0.1, -0.05) is 23.2 Å². The summed E-state index contributed by atoms with van der Waals surface area (Å²) in [4.78, 5) is 4.63. The molecule has 0 saturated carbocycles. The van der Waals surface area contributed by atoms with Crippen LogP contribution < -0.4 is 0 Å². The summed E-state index contributed by atoms with van der Waals surface area (Å²) in [7, 11) is 0. The normalized spacial score (nSPS) is 19.1. The minimum Gasteiger partial charge on any atom is -0.376 e. The van der Waals surface area contributed by atoms with Crippen molar-refractivity contribution in [1.82, 2.24) is 9.55 Å². The highest BCUT2D eigenvalue weighted by molar-refractivity contribution is 6.42. The number of alkyl halides is 1. The molecule has 1 fully saturated rings. The molecule has 0 spiro atoms. The smallest absolute Gasteiger partial charge is 0.111 e. The third-order valence-corrected chi connectivity index (χ3v) is 4.51. The van der Waals surface area contributed by atoms with Gasteiger partial charge in [-0.2, -0.15) is 0 Å². The van der Waals surface area contributed by atoms with Gasteiger partial charge in [0.25, 0.3) is 0 Å². The molecule has 20 heavy (non-hydrogen) atoms. The van der Waals surface area contributed by atoms with Crippen molar-refractivity contribution in [2.24, 2.45) is 0 Å². The van der Waals surface area contributed by atoms with E-state index in [1.54, 1.807) is 0 Å². The van der Waals surface area contributed by atoms with Gasteiger partial charge in [0, 0.05) is 18.9 Å². The van der Waals surface area contributed by atoms with E-state index in [9.17, 15) is 0 Å². The summed E-state index contributed by atoms with van der Waals surface area (Å²) < 4.78 is 7.88. The molecule has 1 unspecified atom stereocenters. The van der Waals surface area contributed by atoms with Gasteiger partial charge in [-0.15, -0.1) is 11.6 Å². The third-order valence-electron chi connectivity index (χ3n) is 3.60. The molecule has 108 valence electrons. The molecule has 6 heteroatoms. The van der Waals surface area contributed by atoms with Crippen LogP contribution in [0.3, 0.4) is 0 Å². The fraction of sp³-hybridized carbons (Fsp3) is 0.500. The van der Waals surface area contributed by atoms with Crippen LogP contribution in [-0.4, -0.2) is 28.1 Å². The highest BCUT2D eigenvalue weighted by Gasteiger charge is 2.20. The molecule has 1 aliphatic rings. The first-order valence-corrected chi connectivity index (χ1v) is 8.00. The van der Waals surface area contributed by atoms with Crippen molar-refractivity contribution in [2.75, 3.05) is 12.5 Å². The SMILES string of the molecule is ClCCc1nc2cc(Cl)c(Cl)cc2n1CC1CCCO1. The van der Waals surface area contributed by atoms with E-state index < -0.39 is 0 Å². The summed E-state index contributed by atoms with van der Waals surface area (Å²) in [5, 5.41) is 1.07. The number of rotatable bonds is 4. The van der Waals surface area contributed by atoms with Crippen LogP contribution >= 0.6 is 34.8 Å². The maximum Gasteiger partial charge on any atom is 0.111 e. The molecule has 1 atom stereocenters. The van der Waals surface area contributed by atoms with E-state index in [4.69, 9.17) is 39.5 Å². The van der Waals surface area contributed by atoms with Crippen molar-refractivity contribution in [3.8, 4) is 0 Å². The number of nitrogens with zero attached hydrogens (tertiary/aromatic N) is 2. The van der Waals surface area contributed by atoms with Gasteiger partial charge in [-0.05, 0) is 25.0 Å². The van der Waals surface area contributed by atoms with E-state index in [0.717, 1.165) is 49.3 Å². The second-order valence-corrected chi connectivity index (χ2v) is 6.16. The maximum atomic E-state index is 6.13. The predicted molar refractivity (Wildman–Crippen MR) is 83.2 cm³/mol. The molecule has 3 rings (SSSR count). The molecule has 0 radical (unpaired) electrons. The van der Waals surface area contributed by atoms with Gasteiger partial charge in [-0.25, -0.2) is 4.98 Å². The van der Waals surface area contributed by atoms with E-state index in [2.05, 4.69) is 9.55 Å². The first-order chi connectivity index (χ1) is 9.69. The molecule has 1 aliphatic heterocycles. The van der Waals surface area contributed by atoms with Crippen molar-refractivity contribution in [2.45, 2.75) is 31.9 Å². The zero-order chi connectivity index (χ0) is 14.1. The van der Waals surface area contributed by atoms with Crippen molar-refractivity contribution in [3.63, 3.8) is 0 Å². The van der Waals surface area contributed by atoms with E-state index in [1.807, 2.05) is 12.1 Å². The first kappa shape index (κ1) is 14.5. The second kappa shape index (κ2) is 6.10. The van der Waals surface area contributed by atoms with Gasteiger partial charge in [0.05, 0.1) is 33.7 Å². The van der Waals surface area contributed by atoms with Crippen molar-refractivity contribution < 1.29 is 4.74 Å². The van der Waals surface area contributed by atoms with E-state index in [0.29, 0.717) is 15.9 Å². The summed E-state index contributed by atoms with van der Waals surface area (Å²) in [5.74, 6) is 1.50. The molecule has 3 nitrogen and oxygen atoms in total. The zero-order valence-electron chi connectivity index (χ0n) is 10.9. The summed E-state index contributed by atoms with van der Waals surface area (Å²) in [5.41, 5.74) is 1.85. The molecule has 1 aromatic heterocycles. The third kappa shape index (κ3) is 2.77. The first-order valence-electron chi connectivity index (χ1n) is 6.71. The molecular formula is C14H15Cl3N2O. The Bertz CT molecular complexity index is 620. The van der Waals surface area contributed by atoms with Crippen molar-refractivity contribution >= 4 is 45.8 Å². The van der Waals surface area contributed by atoms with Crippen LogP contribution in [0.25, 0.3) is 11.0 Å². The molecule has 0 amide bonds. The monoisotopic (exact) mass is 332 g/mol. The van der Waals surface area contributed by atoms with E-state index in [1.165, 1.54) is 0 Å². The summed E-state index contributed by atoms with van der Waals surface area (Å²) in [6.07, 6.45) is 3.17. The zero-order valence-corrected chi connectivity index (χ0v) is 13.2. The van der Waals surface area contributed by atoms with Crippen LogP contribution in [-0.2, 0) is 17.7 Å². The Morgan fingerprint density at radius 1 is 1.30 bits per heavy atom. The molecular weight excluding hydrogens is 319 g/mol. The number of halogens is 3. The van der Waals surface area contributed by atoms with Crippen LogP contribution in [0.4, 0.5) is 0 Å². The van der Waals surface area contributed by atoms with Gasteiger partial charge in [-0.3, -0.25) is 0 Å². The lowest BCUT2D eigenvalue weighted by Crippen LogP contribution is -2.17. The van der Waals surface area contributed by atoms with Gasteiger partial charge < -0.3 is 9.30 Å². The summed E-state index contributed by atoms with van der Waals surface area (Å²) in [6, 6.07) is 3.68. The number of benzene rings is 1. The topological polar surface area (TPSA) is 27.1 Å². The van der Waals surface area contributed by atoms with Crippen molar-refractivity contribution in [3.05, 3.63) is 28.0 Å². The lowest BCUT2D eigenvalue weighted by atomic mass is 10.2. The van der Waals surface area contributed by atoms with E-state index in [-0.39, 0.29) is 6.10 Å². The van der Waals surface area contributed by atoms with Crippen molar-refractivity contribution in [1.29, 1.82) is 0 Å². The largest absolute Gasteiger partial charge is 0.376 e. The number of ether oxygens (including phenoxy) is 1. The predicted octanol–water partition coefficient (Wildman–Crippen LogP) is 4.30. The van der Waals surface area contributed by atoms with E-state index >= 15 is 0 Å². The van der Waals surface area contributed by atoms with Crippen LogP contribution in [0.1, 0.15) is 18.7 Å². The highest BCUT2D eigenvalue weighted by atomic mass is 35.5. The Hall–Kier alpha value is -0.480. The van der Waals surface area contributed by atoms with Crippen LogP contribution in [0.5, 0.6) is 0 Å². The molecule has 1 saturated heterocycles. The van der Waals surface area contributed by atoms with Crippen LogP contribution in [0.2, 0.25) is 10.0 Å². The fourth-order valence-electron chi connectivity index (χ4n) is 2.64. The Morgan fingerprint density at radius 3 is 2.80 bits per heavy atom. The fourth-order valence-corrected chi connectivity index (χ4v) is 3.13. The second-order valence-electron chi connectivity index (χ2n) is 4.97. The average molecular weight is 334 g/mol. The molecule has 0 aliphatic carbocycles. The van der Waals surface area contributed by atoms with Crippen LogP contribution in [0, 0.1) is 0 Å². The molecule has 1 aromatic carbocycles. The molecule has 0 N–H and O–H groups in total. The number of fused-ring (bicyclic) bond motifs is 1. The Balaban J connectivity index is 2.04. The minimum atomic E-state index is 0.246. The maximum absolute atomic E-state index is 6.13. The molecule has 0 bridgehead atoms. The van der Waals surface area contributed by atoms with Gasteiger partial charge >= 0.3 is 0 Å². The molecule has 2 heterocycles. The van der Waals surface area contributed by atoms with Gasteiger partial charge in [0.2, 0.25) is 0 Å². The Labute approximate surface area is 132 Å². The number of hydrogen-bond donors (Lipinski definition) is 0. The summed E-state index contributed by atoms with van der Waals surface area (Å²) >= 11 is 18.1. The Kier molecular flexibility index (Phi) is 4.41. The lowest BCUT2D eigenvalue weighted by Gasteiger charge is -2.14. The number of hydrogen-bond acceptors (Lipinski definition) is 2. The number of imidazole rings is 1. The number of aryl methyl sites for hydroxylation is 1. The summed E-state index contributed by atoms with van der Waals surface area (Å²) in [6.45, 7) is 1.63. The average Bonchev–Trinajstić information content (AvgIpc) is 3.02. The van der Waals surface area contributed by atoms with Crippen LogP contribution in [0.15, 0.2) is 12.1 Å². The number of aromatic nitrogens is 2. The lowest BCUT2D eigenvalue weighted by molar-refractivity contribution is 0.0972.